The molecule has 4 heteroatoms. The number of rotatable bonds is 1. The molecular weight excluding hydrogens is 320 g/mol. The van der Waals surface area contributed by atoms with E-state index in [1.165, 1.54) is 20.5 Å². The molecule has 0 aliphatic heterocycles. The Kier molecular flexibility index (Phi) is 3.08. The molecule has 1 aromatic carbocycles. The number of fused-ring (bicyclic) bond motifs is 3. The predicted octanol–water partition coefficient (Wildman–Crippen LogP) is 4.52. The van der Waals surface area contributed by atoms with Crippen LogP contribution in [-0.4, -0.2) is 4.98 Å². The highest BCUT2D eigenvalue weighted by Gasteiger charge is 2.30. The lowest BCUT2D eigenvalue weighted by atomic mass is 9.88. The number of aromatic nitrogens is 1. The van der Waals surface area contributed by atoms with Crippen molar-refractivity contribution >= 4 is 27.3 Å². The Morgan fingerprint density at radius 2 is 2.11 bits per heavy atom. The second kappa shape index (κ2) is 4.40. The van der Waals surface area contributed by atoms with Crippen LogP contribution in [0.3, 0.4) is 0 Å². The molecule has 0 saturated heterocycles. The fourth-order valence-corrected chi connectivity index (χ4v) is 4.17. The van der Waals surface area contributed by atoms with Gasteiger partial charge in [-0.15, -0.1) is 11.3 Å². The van der Waals surface area contributed by atoms with Gasteiger partial charge in [0.1, 0.15) is 5.01 Å². The molecule has 19 heavy (non-hydrogen) atoms. The molecule has 1 aromatic heterocycles. The minimum absolute atomic E-state index is 0.00120. The predicted molar refractivity (Wildman–Crippen MR) is 84.4 cm³/mol. The van der Waals surface area contributed by atoms with Crippen LogP contribution in [0.25, 0.3) is 11.3 Å². The molecule has 0 saturated carbocycles. The lowest BCUT2D eigenvalue weighted by molar-refractivity contribution is 0.326. The Morgan fingerprint density at radius 3 is 2.79 bits per heavy atom. The highest BCUT2D eigenvalue weighted by molar-refractivity contribution is 9.10. The molecule has 1 aliphatic carbocycles. The van der Waals surface area contributed by atoms with Crippen molar-refractivity contribution in [1.82, 2.24) is 4.98 Å². The summed E-state index contributed by atoms with van der Waals surface area (Å²) >= 11 is 5.39. The van der Waals surface area contributed by atoms with Crippen molar-refractivity contribution in [2.75, 3.05) is 0 Å². The van der Waals surface area contributed by atoms with Crippen LogP contribution in [-0.2, 0) is 6.42 Å². The highest BCUT2D eigenvalue weighted by Crippen LogP contribution is 2.44. The number of nitrogens with zero attached hydrogens (tertiary/aromatic N) is 1. The molecule has 1 heterocycles. The van der Waals surface area contributed by atoms with E-state index in [2.05, 4.69) is 54.9 Å². The number of halogens is 1. The second-order valence-electron chi connectivity index (χ2n) is 6.11. The maximum atomic E-state index is 6.32. The Labute approximate surface area is 126 Å². The van der Waals surface area contributed by atoms with E-state index >= 15 is 0 Å². The van der Waals surface area contributed by atoms with Crippen LogP contribution in [0.1, 0.15) is 42.3 Å². The largest absolute Gasteiger partial charge is 0.322 e. The second-order valence-corrected chi connectivity index (χ2v) is 8.08. The molecule has 0 radical (unpaired) electrons. The van der Waals surface area contributed by atoms with Crippen LogP contribution in [0.4, 0.5) is 0 Å². The van der Waals surface area contributed by atoms with E-state index in [4.69, 9.17) is 10.7 Å². The van der Waals surface area contributed by atoms with Gasteiger partial charge in [0.15, 0.2) is 0 Å². The third-order valence-electron chi connectivity index (χ3n) is 3.62. The number of thiazole rings is 1. The zero-order valence-corrected chi connectivity index (χ0v) is 13.7. The summed E-state index contributed by atoms with van der Waals surface area (Å²) in [5.41, 5.74) is 10.1. The third-order valence-corrected chi connectivity index (χ3v) is 5.51. The van der Waals surface area contributed by atoms with Crippen molar-refractivity contribution in [1.29, 1.82) is 0 Å². The minimum atomic E-state index is -0.00120. The Bertz CT molecular complexity index is 640. The van der Waals surface area contributed by atoms with Gasteiger partial charge in [0, 0.05) is 21.3 Å². The van der Waals surface area contributed by atoms with Crippen LogP contribution in [0.5, 0.6) is 0 Å². The van der Waals surface area contributed by atoms with Crippen molar-refractivity contribution in [2.24, 2.45) is 11.1 Å². The molecular formula is C15H17BrN2S. The number of hydrogen-bond donors (Lipinski definition) is 1. The molecule has 2 nitrogen and oxygen atoms in total. The molecule has 0 amide bonds. The first-order chi connectivity index (χ1) is 8.88. The maximum absolute atomic E-state index is 6.32. The fourth-order valence-electron chi connectivity index (χ4n) is 2.32. The topological polar surface area (TPSA) is 38.9 Å². The Balaban J connectivity index is 2.05. The van der Waals surface area contributed by atoms with Gasteiger partial charge in [-0.3, -0.25) is 0 Å². The quantitative estimate of drug-likeness (QED) is 0.709. The average Bonchev–Trinajstić information content (AvgIpc) is 2.85. The van der Waals surface area contributed by atoms with E-state index in [1.807, 2.05) is 0 Å². The summed E-state index contributed by atoms with van der Waals surface area (Å²) in [6.07, 6.45) is 0.973. The first-order valence-corrected chi connectivity index (χ1v) is 8.02. The first-order valence-electron chi connectivity index (χ1n) is 6.41. The molecule has 0 bridgehead atoms. The van der Waals surface area contributed by atoms with Crippen molar-refractivity contribution in [3.8, 4) is 11.3 Å². The Morgan fingerprint density at radius 1 is 1.37 bits per heavy atom. The highest BCUT2D eigenvalue weighted by atomic mass is 79.9. The van der Waals surface area contributed by atoms with E-state index in [0.717, 1.165) is 17.1 Å². The van der Waals surface area contributed by atoms with Crippen LogP contribution in [0.15, 0.2) is 22.7 Å². The van der Waals surface area contributed by atoms with Gasteiger partial charge in [-0.05, 0) is 17.0 Å². The summed E-state index contributed by atoms with van der Waals surface area (Å²) in [5.74, 6) is 0. The summed E-state index contributed by atoms with van der Waals surface area (Å²) < 4.78 is 1.18. The van der Waals surface area contributed by atoms with Crippen molar-refractivity contribution in [3.63, 3.8) is 0 Å². The standard InChI is InChI=1S/C15H17BrN2S/c1-15(2,3)13(17)14-18-12-8-5-4-6-10(16)9(8)7-11(12)19-14/h4-6,13H,7,17H2,1-3H3. The summed E-state index contributed by atoms with van der Waals surface area (Å²) in [6, 6.07) is 6.31. The van der Waals surface area contributed by atoms with Crippen LogP contribution in [0, 0.1) is 5.41 Å². The van der Waals surface area contributed by atoms with E-state index in [9.17, 15) is 0 Å². The summed E-state index contributed by atoms with van der Waals surface area (Å²) in [5, 5.41) is 1.06. The lowest BCUT2D eigenvalue weighted by Crippen LogP contribution is -2.26. The zero-order valence-electron chi connectivity index (χ0n) is 11.3. The summed E-state index contributed by atoms with van der Waals surface area (Å²) in [4.78, 5) is 6.16. The Hall–Kier alpha value is -0.710. The average molecular weight is 337 g/mol. The normalized spacial score (nSPS) is 15.2. The summed E-state index contributed by atoms with van der Waals surface area (Å²) in [7, 11) is 0. The number of benzene rings is 1. The summed E-state index contributed by atoms with van der Waals surface area (Å²) in [6.45, 7) is 6.48. The van der Waals surface area contributed by atoms with Gasteiger partial charge in [0.2, 0.25) is 0 Å². The third kappa shape index (κ3) is 2.16. The van der Waals surface area contributed by atoms with Gasteiger partial charge < -0.3 is 5.73 Å². The molecule has 3 rings (SSSR count). The van der Waals surface area contributed by atoms with Crippen molar-refractivity contribution in [3.05, 3.63) is 38.1 Å². The molecule has 2 N–H and O–H groups in total. The van der Waals surface area contributed by atoms with Crippen LogP contribution < -0.4 is 5.73 Å². The molecule has 1 aliphatic rings. The molecule has 0 spiro atoms. The fraction of sp³-hybridized carbons (Fsp3) is 0.400. The maximum Gasteiger partial charge on any atom is 0.111 e. The van der Waals surface area contributed by atoms with E-state index < -0.39 is 0 Å². The minimum Gasteiger partial charge on any atom is -0.322 e. The van der Waals surface area contributed by atoms with Crippen LogP contribution in [0.2, 0.25) is 0 Å². The number of hydrogen-bond acceptors (Lipinski definition) is 3. The molecule has 100 valence electrons. The van der Waals surface area contributed by atoms with Gasteiger partial charge in [-0.2, -0.15) is 0 Å². The molecule has 1 atom stereocenters. The van der Waals surface area contributed by atoms with E-state index in [0.29, 0.717) is 0 Å². The van der Waals surface area contributed by atoms with Gasteiger partial charge in [0.25, 0.3) is 0 Å². The van der Waals surface area contributed by atoms with Crippen molar-refractivity contribution < 1.29 is 0 Å². The lowest BCUT2D eigenvalue weighted by Gasteiger charge is -2.25. The molecule has 1 unspecified atom stereocenters. The van der Waals surface area contributed by atoms with E-state index in [-0.39, 0.29) is 11.5 Å². The van der Waals surface area contributed by atoms with Crippen LogP contribution >= 0.6 is 27.3 Å². The van der Waals surface area contributed by atoms with Crippen molar-refractivity contribution in [2.45, 2.75) is 33.2 Å². The van der Waals surface area contributed by atoms with Gasteiger partial charge in [-0.25, -0.2) is 4.98 Å². The van der Waals surface area contributed by atoms with Gasteiger partial charge in [-0.1, -0.05) is 48.8 Å². The smallest absolute Gasteiger partial charge is 0.111 e. The molecule has 2 aromatic rings. The SMILES string of the molecule is CC(C)(C)C(N)c1nc2c(s1)Cc1c(Br)cccc1-2. The van der Waals surface area contributed by atoms with E-state index in [1.54, 1.807) is 11.3 Å². The monoisotopic (exact) mass is 336 g/mol. The molecule has 0 fully saturated rings. The van der Waals surface area contributed by atoms with Gasteiger partial charge >= 0.3 is 0 Å². The zero-order chi connectivity index (χ0) is 13.8. The van der Waals surface area contributed by atoms with Gasteiger partial charge in [0.05, 0.1) is 11.7 Å². The number of nitrogens with two attached hydrogens (primary N) is 1. The first kappa shape index (κ1) is 13.3.